The first-order valence-corrected chi connectivity index (χ1v) is 12.0. The highest BCUT2D eigenvalue weighted by Gasteiger charge is 2.28. The number of hydrogen-bond donors (Lipinski definition) is 1. The Morgan fingerprint density at radius 3 is 2.61 bits per heavy atom. The van der Waals surface area contributed by atoms with Gasteiger partial charge < -0.3 is 15.0 Å². The molecule has 2 aromatic rings. The first-order chi connectivity index (χ1) is 15.0. The van der Waals surface area contributed by atoms with Crippen molar-refractivity contribution in [1.82, 2.24) is 10.2 Å². The van der Waals surface area contributed by atoms with E-state index in [4.69, 9.17) is 16.3 Å². The summed E-state index contributed by atoms with van der Waals surface area (Å²) in [5, 5.41) is 3.63. The van der Waals surface area contributed by atoms with E-state index in [0.29, 0.717) is 30.3 Å². The fourth-order valence-corrected chi connectivity index (χ4v) is 4.40. The van der Waals surface area contributed by atoms with E-state index < -0.39 is 6.04 Å². The van der Waals surface area contributed by atoms with Crippen LogP contribution in [-0.4, -0.2) is 42.2 Å². The predicted octanol–water partition coefficient (Wildman–Crippen LogP) is 4.92. The lowest BCUT2D eigenvalue weighted by atomic mass is 10.1. The zero-order chi connectivity index (χ0) is 22.6. The normalized spacial score (nSPS) is 11.6. The molecule has 2 amide bonds. The first-order valence-electron chi connectivity index (χ1n) is 10.5. The van der Waals surface area contributed by atoms with Crippen LogP contribution in [0, 0.1) is 0 Å². The van der Waals surface area contributed by atoms with Crippen molar-refractivity contribution in [2.45, 2.75) is 45.0 Å². The molecule has 0 spiro atoms. The molecule has 7 heteroatoms. The first kappa shape index (κ1) is 25.1. The highest BCUT2D eigenvalue weighted by atomic mass is 35.5. The van der Waals surface area contributed by atoms with Gasteiger partial charge in [0.1, 0.15) is 11.8 Å². The summed E-state index contributed by atoms with van der Waals surface area (Å²) in [7, 11) is 1.61. The van der Waals surface area contributed by atoms with Crippen molar-refractivity contribution < 1.29 is 14.3 Å². The molecule has 0 fully saturated rings. The molecule has 2 aromatic carbocycles. The Balaban J connectivity index is 2.15. The summed E-state index contributed by atoms with van der Waals surface area (Å²) in [6.07, 6.45) is 1.39. The van der Waals surface area contributed by atoms with E-state index in [1.165, 1.54) is 11.8 Å². The molecule has 0 radical (unpaired) electrons. The van der Waals surface area contributed by atoms with E-state index in [0.717, 1.165) is 23.3 Å². The van der Waals surface area contributed by atoms with Gasteiger partial charge in [0.15, 0.2) is 0 Å². The Kier molecular flexibility index (Phi) is 10.7. The molecule has 168 valence electrons. The van der Waals surface area contributed by atoms with Crippen LogP contribution in [0.2, 0.25) is 5.02 Å². The molecule has 0 heterocycles. The number of carbonyl (C=O) groups is 2. The molecular weight excluding hydrogens is 432 g/mol. The smallest absolute Gasteiger partial charge is 0.242 e. The monoisotopic (exact) mass is 462 g/mol. The maximum Gasteiger partial charge on any atom is 0.242 e. The molecule has 0 saturated heterocycles. The van der Waals surface area contributed by atoms with Crippen molar-refractivity contribution >= 4 is 35.2 Å². The minimum Gasteiger partial charge on any atom is -0.497 e. The number of halogens is 1. The van der Waals surface area contributed by atoms with E-state index in [1.54, 1.807) is 12.0 Å². The summed E-state index contributed by atoms with van der Waals surface area (Å²) in [5.74, 6) is 1.45. The fourth-order valence-electron chi connectivity index (χ4n) is 3.20. The largest absolute Gasteiger partial charge is 0.497 e. The van der Waals surface area contributed by atoms with Crippen LogP contribution in [-0.2, 0) is 21.9 Å². The zero-order valence-corrected chi connectivity index (χ0v) is 20.0. The zero-order valence-electron chi connectivity index (χ0n) is 18.4. The van der Waals surface area contributed by atoms with Crippen LogP contribution in [0.3, 0.4) is 0 Å². The summed E-state index contributed by atoms with van der Waals surface area (Å²) >= 11 is 7.73. The van der Waals surface area contributed by atoms with E-state index in [9.17, 15) is 9.59 Å². The van der Waals surface area contributed by atoms with Crippen molar-refractivity contribution in [3.63, 3.8) is 0 Å². The van der Waals surface area contributed by atoms with Gasteiger partial charge in [-0.1, -0.05) is 55.8 Å². The molecule has 0 aliphatic heterocycles. The Morgan fingerprint density at radius 1 is 1.16 bits per heavy atom. The number of nitrogens with one attached hydrogen (secondary N) is 1. The minimum atomic E-state index is -0.522. The lowest BCUT2D eigenvalue weighted by Crippen LogP contribution is -2.49. The number of thioether (sulfide) groups is 1. The van der Waals surface area contributed by atoms with Crippen molar-refractivity contribution in [3.05, 3.63) is 64.7 Å². The van der Waals surface area contributed by atoms with Crippen LogP contribution in [0.15, 0.2) is 48.5 Å². The number of hydrogen-bond acceptors (Lipinski definition) is 4. The van der Waals surface area contributed by atoms with Crippen LogP contribution < -0.4 is 10.1 Å². The fraction of sp³-hybridized carbons (Fsp3) is 0.417. The van der Waals surface area contributed by atoms with Crippen LogP contribution in [0.1, 0.15) is 37.8 Å². The van der Waals surface area contributed by atoms with Crippen LogP contribution in [0.4, 0.5) is 0 Å². The highest BCUT2D eigenvalue weighted by Crippen LogP contribution is 2.22. The Hall–Kier alpha value is -2.18. The second-order valence-corrected chi connectivity index (χ2v) is 8.57. The average molecular weight is 463 g/mol. The van der Waals surface area contributed by atoms with Crippen molar-refractivity contribution in [1.29, 1.82) is 0 Å². The summed E-state index contributed by atoms with van der Waals surface area (Å²) in [6, 6.07) is 14.7. The van der Waals surface area contributed by atoms with Gasteiger partial charge in [-0.05, 0) is 42.2 Å². The third-order valence-corrected chi connectivity index (χ3v) is 6.20. The van der Waals surface area contributed by atoms with E-state index >= 15 is 0 Å². The molecule has 0 unspecified atom stereocenters. The van der Waals surface area contributed by atoms with Crippen molar-refractivity contribution in [2.24, 2.45) is 0 Å². The molecule has 31 heavy (non-hydrogen) atoms. The van der Waals surface area contributed by atoms with Gasteiger partial charge in [-0.15, -0.1) is 11.8 Å². The van der Waals surface area contributed by atoms with Gasteiger partial charge in [0, 0.05) is 23.9 Å². The molecule has 0 saturated carbocycles. The SMILES string of the molecule is CCCNC(=O)[C@H](CC)N(Cc1cccc(OC)c1)C(=O)CSCc1ccccc1Cl. The van der Waals surface area contributed by atoms with Gasteiger partial charge in [-0.2, -0.15) is 0 Å². The summed E-state index contributed by atoms with van der Waals surface area (Å²) < 4.78 is 5.31. The van der Waals surface area contributed by atoms with Gasteiger partial charge in [0.2, 0.25) is 11.8 Å². The Morgan fingerprint density at radius 2 is 1.94 bits per heavy atom. The topological polar surface area (TPSA) is 58.6 Å². The number of rotatable bonds is 12. The van der Waals surface area contributed by atoms with Gasteiger partial charge in [0.25, 0.3) is 0 Å². The molecular formula is C24H31ClN2O3S. The molecule has 1 atom stereocenters. The summed E-state index contributed by atoms with van der Waals surface area (Å²) in [5.41, 5.74) is 1.92. The number of methoxy groups -OCH3 is 1. The van der Waals surface area contributed by atoms with Crippen molar-refractivity contribution in [2.75, 3.05) is 19.4 Å². The number of benzene rings is 2. The number of ether oxygens (including phenoxy) is 1. The highest BCUT2D eigenvalue weighted by molar-refractivity contribution is 7.99. The van der Waals surface area contributed by atoms with Crippen LogP contribution in [0.25, 0.3) is 0 Å². The quantitative estimate of drug-likeness (QED) is 0.486. The van der Waals surface area contributed by atoms with E-state index in [-0.39, 0.29) is 17.6 Å². The predicted molar refractivity (Wildman–Crippen MR) is 129 cm³/mol. The van der Waals surface area contributed by atoms with E-state index in [1.807, 2.05) is 62.4 Å². The van der Waals surface area contributed by atoms with Gasteiger partial charge in [0.05, 0.1) is 12.9 Å². The maximum atomic E-state index is 13.2. The van der Waals surface area contributed by atoms with Gasteiger partial charge in [-0.25, -0.2) is 0 Å². The Labute approximate surface area is 194 Å². The second-order valence-electron chi connectivity index (χ2n) is 7.17. The second kappa shape index (κ2) is 13.3. The molecule has 0 aromatic heterocycles. The molecule has 2 rings (SSSR count). The lowest BCUT2D eigenvalue weighted by Gasteiger charge is -2.30. The van der Waals surface area contributed by atoms with Crippen LogP contribution >= 0.6 is 23.4 Å². The molecule has 5 nitrogen and oxygen atoms in total. The number of nitrogens with zero attached hydrogens (tertiary/aromatic N) is 1. The molecule has 0 aliphatic carbocycles. The average Bonchev–Trinajstić information content (AvgIpc) is 2.78. The van der Waals surface area contributed by atoms with Gasteiger partial charge >= 0.3 is 0 Å². The molecule has 0 aliphatic rings. The number of carbonyl (C=O) groups excluding carboxylic acids is 2. The standard InChI is InChI=1S/C24H31ClN2O3S/c1-4-13-26-24(29)22(5-2)27(15-18-9-8-11-20(14-18)30-3)23(28)17-31-16-19-10-6-7-12-21(19)25/h6-12,14,22H,4-5,13,15-17H2,1-3H3,(H,26,29)/t22-/m0/s1. The summed E-state index contributed by atoms with van der Waals surface area (Å²) in [6.45, 7) is 4.88. The third-order valence-electron chi connectivity index (χ3n) is 4.86. The van der Waals surface area contributed by atoms with Gasteiger partial charge in [-0.3, -0.25) is 9.59 Å². The van der Waals surface area contributed by atoms with E-state index in [2.05, 4.69) is 5.32 Å². The van der Waals surface area contributed by atoms with Crippen LogP contribution in [0.5, 0.6) is 5.75 Å². The maximum absolute atomic E-state index is 13.2. The number of amides is 2. The third kappa shape index (κ3) is 7.78. The molecule has 0 bridgehead atoms. The summed E-state index contributed by atoms with van der Waals surface area (Å²) in [4.78, 5) is 27.7. The molecule has 1 N–H and O–H groups in total. The van der Waals surface area contributed by atoms with Crippen molar-refractivity contribution in [3.8, 4) is 5.75 Å². The lowest BCUT2D eigenvalue weighted by molar-refractivity contribution is -0.139. The Bertz CT molecular complexity index is 862. The minimum absolute atomic E-state index is 0.0710.